The van der Waals surface area contributed by atoms with Crippen LogP contribution in [0, 0.1) is 13.8 Å². The molecule has 0 unspecified atom stereocenters. The first-order valence-electron chi connectivity index (χ1n) is 8.44. The van der Waals surface area contributed by atoms with Gasteiger partial charge in [-0.1, -0.05) is 12.1 Å². The molecule has 4 rings (SSSR count). The second kappa shape index (κ2) is 5.69. The Bertz CT molecular complexity index is 994. The molecule has 26 heavy (non-hydrogen) atoms. The quantitative estimate of drug-likeness (QED) is 0.711. The Kier molecular flexibility index (Phi) is 3.57. The van der Waals surface area contributed by atoms with E-state index in [0.717, 1.165) is 28.2 Å². The van der Waals surface area contributed by atoms with E-state index in [9.17, 15) is 4.79 Å². The van der Waals surface area contributed by atoms with E-state index in [2.05, 4.69) is 19.9 Å². The Morgan fingerprint density at radius 1 is 0.923 bits per heavy atom. The molecule has 6 heteroatoms. The SMILES string of the molecule is Cc1cnc(-c2ccc3c(c2)N(c2cnc(C)nc2)C(=O)C3(C)C)cn1. The molecule has 3 heterocycles. The molecule has 1 aliphatic rings. The number of aromatic nitrogens is 4. The van der Waals surface area contributed by atoms with Crippen LogP contribution in [0.1, 0.15) is 30.9 Å². The number of rotatable bonds is 2. The number of nitrogens with zero attached hydrogens (tertiary/aromatic N) is 5. The minimum atomic E-state index is -0.613. The van der Waals surface area contributed by atoms with Crippen molar-refractivity contribution in [3.63, 3.8) is 0 Å². The van der Waals surface area contributed by atoms with E-state index in [4.69, 9.17) is 0 Å². The van der Waals surface area contributed by atoms with Gasteiger partial charge in [-0.2, -0.15) is 0 Å². The van der Waals surface area contributed by atoms with Gasteiger partial charge in [-0.25, -0.2) is 9.97 Å². The number of hydrogen-bond acceptors (Lipinski definition) is 5. The average Bonchev–Trinajstić information content (AvgIpc) is 2.83. The normalized spacial score (nSPS) is 15.2. The van der Waals surface area contributed by atoms with Gasteiger partial charge in [0.25, 0.3) is 0 Å². The smallest absolute Gasteiger partial charge is 0.241 e. The van der Waals surface area contributed by atoms with Gasteiger partial charge in [0.15, 0.2) is 0 Å². The van der Waals surface area contributed by atoms with Crippen LogP contribution < -0.4 is 4.90 Å². The lowest BCUT2D eigenvalue weighted by Gasteiger charge is -2.20. The molecular formula is C20H19N5O. The van der Waals surface area contributed by atoms with E-state index in [1.54, 1.807) is 29.7 Å². The zero-order valence-corrected chi connectivity index (χ0v) is 15.2. The van der Waals surface area contributed by atoms with Crippen molar-refractivity contribution in [2.24, 2.45) is 0 Å². The van der Waals surface area contributed by atoms with Crippen LogP contribution in [0.5, 0.6) is 0 Å². The second-order valence-corrected chi connectivity index (χ2v) is 7.03. The van der Waals surface area contributed by atoms with Crippen LogP contribution in [-0.4, -0.2) is 25.8 Å². The number of anilines is 2. The molecule has 0 spiro atoms. The summed E-state index contributed by atoms with van der Waals surface area (Å²) < 4.78 is 0. The Hall–Kier alpha value is -3.15. The number of fused-ring (bicyclic) bond motifs is 1. The summed E-state index contributed by atoms with van der Waals surface area (Å²) in [5.41, 5.74) is 4.43. The topological polar surface area (TPSA) is 71.9 Å². The fraction of sp³-hybridized carbons (Fsp3) is 0.250. The summed E-state index contributed by atoms with van der Waals surface area (Å²) in [7, 11) is 0. The van der Waals surface area contributed by atoms with Gasteiger partial charge in [-0.15, -0.1) is 0 Å². The lowest BCUT2D eigenvalue weighted by atomic mass is 9.86. The zero-order valence-electron chi connectivity index (χ0n) is 15.2. The molecule has 3 aromatic rings. The average molecular weight is 345 g/mol. The molecular weight excluding hydrogens is 326 g/mol. The maximum Gasteiger partial charge on any atom is 0.241 e. The van der Waals surface area contributed by atoms with Gasteiger partial charge in [0.1, 0.15) is 5.82 Å². The molecule has 0 radical (unpaired) electrons. The summed E-state index contributed by atoms with van der Waals surface area (Å²) >= 11 is 0. The minimum Gasteiger partial charge on any atom is -0.277 e. The maximum atomic E-state index is 13.1. The van der Waals surface area contributed by atoms with Crippen LogP contribution in [-0.2, 0) is 10.2 Å². The van der Waals surface area contributed by atoms with Gasteiger partial charge in [-0.3, -0.25) is 19.7 Å². The van der Waals surface area contributed by atoms with Gasteiger partial charge >= 0.3 is 0 Å². The number of carbonyl (C=O) groups excluding carboxylic acids is 1. The number of benzene rings is 1. The summed E-state index contributed by atoms with van der Waals surface area (Å²) in [5.74, 6) is 0.677. The predicted octanol–water partition coefficient (Wildman–Crippen LogP) is 3.51. The number of carbonyl (C=O) groups is 1. The van der Waals surface area contributed by atoms with E-state index >= 15 is 0 Å². The van der Waals surface area contributed by atoms with Crippen LogP contribution in [0.3, 0.4) is 0 Å². The fourth-order valence-corrected chi connectivity index (χ4v) is 3.21. The third-order valence-corrected chi connectivity index (χ3v) is 4.75. The molecule has 1 aromatic carbocycles. The Morgan fingerprint density at radius 2 is 1.65 bits per heavy atom. The maximum absolute atomic E-state index is 13.1. The summed E-state index contributed by atoms with van der Waals surface area (Å²) in [6.07, 6.45) is 6.86. The molecule has 0 bridgehead atoms. The number of hydrogen-bond donors (Lipinski definition) is 0. The minimum absolute atomic E-state index is 0.00657. The molecule has 0 saturated carbocycles. The third-order valence-electron chi connectivity index (χ3n) is 4.75. The van der Waals surface area contributed by atoms with Gasteiger partial charge in [-0.05, 0) is 39.3 Å². The molecule has 0 fully saturated rings. The van der Waals surface area contributed by atoms with E-state index in [-0.39, 0.29) is 5.91 Å². The predicted molar refractivity (Wildman–Crippen MR) is 99.1 cm³/mol. The second-order valence-electron chi connectivity index (χ2n) is 7.03. The first-order chi connectivity index (χ1) is 12.4. The van der Waals surface area contributed by atoms with E-state index in [1.165, 1.54) is 0 Å². The van der Waals surface area contributed by atoms with Crippen molar-refractivity contribution >= 4 is 17.3 Å². The van der Waals surface area contributed by atoms with Crippen LogP contribution in [0.2, 0.25) is 0 Å². The molecule has 1 amide bonds. The number of amides is 1. The molecule has 0 N–H and O–H groups in total. The Labute approximate surface area is 152 Å². The number of aryl methyl sites for hydroxylation is 2. The highest BCUT2D eigenvalue weighted by atomic mass is 16.2. The lowest BCUT2D eigenvalue weighted by molar-refractivity contribution is -0.121. The van der Waals surface area contributed by atoms with Gasteiger partial charge in [0.2, 0.25) is 5.91 Å². The van der Waals surface area contributed by atoms with Gasteiger partial charge in [0.05, 0.1) is 46.8 Å². The van der Waals surface area contributed by atoms with E-state index < -0.39 is 5.41 Å². The summed E-state index contributed by atoms with van der Waals surface area (Å²) in [6, 6.07) is 5.97. The molecule has 130 valence electrons. The monoisotopic (exact) mass is 345 g/mol. The van der Waals surface area contributed by atoms with Crippen molar-refractivity contribution in [2.75, 3.05) is 4.90 Å². The summed E-state index contributed by atoms with van der Waals surface area (Å²) in [6.45, 7) is 7.60. The van der Waals surface area contributed by atoms with E-state index in [0.29, 0.717) is 11.5 Å². The van der Waals surface area contributed by atoms with Crippen molar-refractivity contribution in [1.29, 1.82) is 0 Å². The highest BCUT2D eigenvalue weighted by Gasteiger charge is 2.44. The standard InChI is InChI=1S/C20H19N5O/c1-12-8-24-17(11-21-12)14-5-6-16-18(7-14)25(19(26)20(16,3)4)15-9-22-13(2)23-10-15/h5-11H,1-4H3. The first-order valence-corrected chi connectivity index (χ1v) is 8.44. The van der Waals surface area contributed by atoms with Crippen molar-refractivity contribution in [1.82, 2.24) is 19.9 Å². The highest BCUT2D eigenvalue weighted by molar-refractivity contribution is 6.12. The van der Waals surface area contributed by atoms with Gasteiger partial charge in [0, 0.05) is 11.8 Å². The van der Waals surface area contributed by atoms with Crippen molar-refractivity contribution < 1.29 is 4.79 Å². The van der Waals surface area contributed by atoms with Crippen LogP contribution in [0.15, 0.2) is 43.0 Å². The summed E-state index contributed by atoms with van der Waals surface area (Å²) in [5, 5.41) is 0. The summed E-state index contributed by atoms with van der Waals surface area (Å²) in [4.78, 5) is 32.0. The van der Waals surface area contributed by atoms with Crippen molar-refractivity contribution in [3.05, 3.63) is 60.1 Å². The van der Waals surface area contributed by atoms with Crippen molar-refractivity contribution in [2.45, 2.75) is 33.1 Å². The Morgan fingerprint density at radius 3 is 2.31 bits per heavy atom. The molecule has 2 aromatic heterocycles. The zero-order chi connectivity index (χ0) is 18.5. The first kappa shape index (κ1) is 16.3. The Balaban J connectivity index is 1.87. The van der Waals surface area contributed by atoms with Crippen LogP contribution in [0.4, 0.5) is 11.4 Å². The third kappa shape index (κ3) is 2.45. The van der Waals surface area contributed by atoms with Crippen LogP contribution >= 0.6 is 0 Å². The molecule has 0 aliphatic carbocycles. The molecule has 1 aliphatic heterocycles. The van der Waals surface area contributed by atoms with Crippen molar-refractivity contribution in [3.8, 4) is 11.3 Å². The molecule has 0 atom stereocenters. The fourth-order valence-electron chi connectivity index (χ4n) is 3.21. The van der Waals surface area contributed by atoms with Gasteiger partial charge < -0.3 is 0 Å². The highest BCUT2D eigenvalue weighted by Crippen LogP contribution is 2.46. The molecule has 0 saturated heterocycles. The largest absolute Gasteiger partial charge is 0.277 e. The van der Waals surface area contributed by atoms with E-state index in [1.807, 2.05) is 45.9 Å². The lowest BCUT2D eigenvalue weighted by Crippen LogP contribution is -2.33. The van der Waals surface area contributed by atoms with Crippen LogP contribution in [0.25, 0.3) is 11.3 Å². The molecule has 6 nitrogen and oxygen atoms in total.